The zero-order chi connectivity index (χ0) is 10.0. The largest absolute Gasteiger partial charge is 0.399 e. The van der Waals surface area contributed by atoms with Gasteiger partial charge in [0.15, 0.2) is 0 Å². The lowest BCUT2D eigenvalue weighted by Crippen LogP contribution is -2.26. The van der Waals surface area contributed by atoms with Crippen LogP contribution >= 0.6 is 0 Å². The van der Waals surface area contributed by atoms with Crippen LogP contribution in [0.3, 0.4) is 0 Å². The van der Waals surface area contributed by atoms with Crippen LogP contribution in [0.5, 0.6) is 0 Å². The summed E-state index contributed by atoms with van der Waals surface area (Å²) in [5.74, 6) is 0. The van der Waals surface area contributed by atoms with Crippen molar-refractivity contribution in [1.29, 1.82) is 0 Å². The minimum absolute atomic E-state index is 0.464. The Morgan fingerprint density at radius 1 is 1.29 bits per heavy atom. The number of hydrogen-bond acceptors (Lipinski definition) is 2. The Morgan fingerprint density at radius 2 is 2.00 bits per heavy atom. The molecule has 1 fully saturated rings. The number of hydrogen-bond donors (Lipinski definition) is 2. The van der Waals surface area contributed by atoms with Gasteiger partial charge in [-0.2, -0.15) is 0 Å². The highest BCUT2D eigenvalue weighted by Crippen LogP contribution is 2.32. The summed E-state index contributed by atoms with van der Waals surface area (Å²) in [6.07, 6.45) is 4.92. The lowest BCUT2D eigenvalue weighted by atomic mass is 9.93. The summed E-state index contributed by atoms with van der Waals surface area (Å²) in [6, 6.07) is 7.81. The first-order valence-electron chi connectivity index (χ1n) is 5.25. The van der Waals surface area contributed by atoms with Crippen molar-refractivity contribution in [3.05, 3.63) is 29.8 Å². The zero-order valence-corrected chi connectivity index (χ0v) is 8.37. The van der Waals surface area contributed by atoms with Crippen molar-refractivity contribution in [2.75, 3.05) is 5.73 Å². The van der Waals surface area contributed by atoms with Gasteiger partial charge in [0.25, 0.3) is 0 Å². The summed E-state index contributed by atoms with van der Waals surface area (Å²) in [5, 5.41) is 10.2. The summed E-state index contributed by atoms with van der Waals surface area (Å²) in [5.41, 5.74) is 7.16. The van der Waals surface area contributed by atoms with Gasteiger partial charge in [0, 0.05) is 12.1 Å². The van der Waals surface area contributed by atoms with Gasteiger partial charge in [-0.1, -0.05) is 25.0 Å². The Kier molecular flexibility index (Phi) is 2.46. The average Bonchev–Trinajstić information content (AvgIpc) is 2.51. The number of nitrogens with two attached hydrogens (primary N) is 1. The maximum absolute atomic E-state index is 10.2. The third-order valence-electron chi connectivity index (χ3n) is 3.02. The van der Waals surface area contributed by atoms with Crippen LogP contribution in [-0.2, 0) is 6.42 Å². The minimum Gasteiger partial charge on any atom is -0.399 e. The number of anilines is 1. The fourth-order valence-electron chi connectivity index (χ4n) is 2.29. The van der Waals surface area contributed by atoms with E-state index in [0.29, 0.717) is 0 Å². The molecule has 76 valence electrons. The van der Waals surface area contributed by atoms with Gasteiger partial charge >= 0.3 is 0 Å². The Hall–Kier alpha value is -1.02. The van der Waals surface area contributed by atoms with Gasteiger partial charge in [-0.15, -0.1) is 0 Å². The van der Waals surface area contributed by atoms with Gasteiger partial charge in [0.05, 0.1) is 5.60 Å². The molecule has 2 nitrogen and oxygen atoms in total. The Balaban J connectivity index is 2.10. The summed E-state index contributed by atoms with van der Waals surface area (Å²) < 4.78 is 0. The molecule has 1 aliphatic rings. The van der Waals surface area contributed by atoms with Crippen molar-refractivity contribution in [2.24, 2.45) is 0 Å². The summed E-state index contributed by atoms with van der Waals surface area (Å²) in [6.45, 7) is 0. The van der Waals surface area contributed by atoms with Crippen LogP contribution in [0.25, 0.3) is 0 Å². The lowest BCUT2D eigenvalue weighted by molar-refractivity contribution is 0.0482. The van der Waals surface area contributed by atoms with E-state index >= 15 is 0 Å². The van der Waals surface area contributed by atoms with Crippen LogP contribution in [0.4, 0.5) is 5.69 Å². The van der Waals surface area contributed by atoms with Crippen molar-refractivity contribution < 1.29 is 5.11 Å². The molecule has 1 aromatic carbocycles. The predicted molar refractivity (Wildman–Crippen MR) is 58.0 cm³/mol. The van der Waals surface area contributed by atoms with E-state index in [1.807, 2.05) is 24.3 Å². The second kappa shape index (κ2) is 3.62. The van der Waals surface area contributed by atoms with Crippen LogP contribution in [0.15, 0.2) is 24.3 Å². The first-order valence-corrected chi connectivity index (χ1v) is 5.25. The van der Waals surface area contributed by atoms with Crippen molar-refractivity contribution in [3.63, 3.8) is 0 Å². The summed E-state index contributed by atoms with van der Waals surface area (Å²) in [7, 11) is 0. The number of rotatable bonds is 2. The van der Waals surface area contributed by atoms with Crippen molar-refractivity contribution in [2.45, 2.75) is 37.7 Å². The molecule has 0 heterocycles. The van der Waals surface area contributed by atoms with E-state index in [1.165, 1.54) is 0 Å². The summed E-state index contributed by atoms with van der Waals surface area (Å²) in [4.78, 5) is 0. The maximum atomic E-state index is 10.2. The summed E-state index contributed by atoms with van der Waals surface area (Å²) >= 11 is 0. The van der Waals surface area contributed by atoms with E-state index in [0.717, 1.165) is 43.4 Å². The van der Waals surface area contributed by atoms with Crippen molar-refractivity contribution >= 4 is 5.69 Å². The van der Waals surface area contributed by atoms with Gasteiger partial charge in [-0.25, -0.2) is 0 Å². The van der Waals surface area contributed by atoms with Crippen LogP contribution in [-0.4, -0.2) is 10.7 Å². The SMILES string of the molecule is Nc1cccc(CC2(O)CCCC2)c1. The molecule has 0 unspecified atom stereocenters. The molecular weight excluding hydrogens is 174 g/mol. The highest BCUT2D eigenvalue weighted by atomic mass is 16.3. The minimum atomic E-state index is -0.464. The molecule has 0 aliphatic heterocycles. The smallest absolute Gasteiger partial charge is 0.0688 e. The van der Waals surface area contributed by atoms with Gasteiger partial charge < -0.3 is 10.8 Å². The van der Waals surface area contributed by atoms with Crippen LogP contribution in [0.2, 0.25) is 0 Å². The number of aliphatic hydroxyl groups is 1. The van der Waals surface area contributed by atoms with E-state index in [9.17, 15) is 5.11 Å². The molecular formula is C12H17NO. The Labute approximate surface area is 84.7 Å². The molecule has 0 radical (unpaired) electrons. The highest BCUT2D eigenvalue weighted by molar-refractivity contribution is 5.41. The zero-order valence-electron chi connectivity index (χ0n) is 8.37. The van der Waals surface area contributed by atoms with E-state index in [-0.39, 0.29) is 0 Å². The van der Waals surface area contributed by atoms with E-state index in [1.54, 1.807) is 0 Å². The van der Waals surface area contributed by atoms with Gasteiger partial charge in [-0.3, -0.25) is 0 Å². The lowest BCUT2D eigenvalue weighted by Gasteiger charge is -2.22. The average molecular weight is 191 g/mol. The molecule has 14 heavy (non-hydrogen) atoms. The fraction of sp³-hybridized carbons (Fsp3) is 0.500. The van der Waals surface area contributed by atoms with E-state index in [2.05, 4.69) is 0 Å². The predicted octanol–water partition coefficient (Wildman–Crippen LogP) is 2.12. The second-order valence-corrected chi connectivity index (χ2v) is 4.35. The molecule has 3 N–H and O–H groups in total. The molecule has 1 saturated carbocycles. The highest BCUT2D eigenvalue weighted by Gasteiger charge is 2.30. The number of benzene rings is 1. The topological polar surface area (TPSA) is 46.2 Å². The second-order valence-electron chi connectivity index (χ2n) is 4.35. The van der Waals surface area contributed by atoms with Crippen LogP contribution < -0.4 is 5.73 Å². The van der Waals surface area contributed by atoms with Gasteiger partial charge in [-0.05, 0) is 30.5 Å². The molecule has 0 spiro atoms. The normalized spacial score (nSPS) is 19.8. The van der Waals surface area contributed by atoms with Crippen LogP contribution in [0, 0.1) is 0 Å². The van der Waals surface area contributed by atoms with Gasteiger partial charge in [0.2, 0.25) is 0 Å². The van der Waals surface area contributed by atoms with Crippen molar-refractivity contribution in [1.82, 2.24) is 0 Å². The van der Waals surface area contributed by atoms with Gasteiger partial charge in [0.1, 0.15) is 0 Å². The standard InChI is InChI=1S/C12H17NO/c13-11-5-3-4-10(8-11)9-12(14)6-1-2-7-12/h3-5,8,14H,1-2,6-7,9,13H2. The number of nitrogen functional groups attached to an aromatic ring is 1. The fourth-order valence-corrected chi connectivity index (χ4v) is 2.29. The third-order valence-corrected chi connectivity index (χ3v) is 3.02. The first-order chi connectivity index (χ1) is 6.68. The molecule has 0 atom stereocenters. The Morgan fingerprint density at radius 3 is 2.64 bits per heavy atom. The molecule has 1 aliphatic carbocycles. The van der Waals surface area contributed by atoms with Crippen LogP contribution in [0.1, 0.15) is 31.2 Å². The van der Waals surface area contributed by atoms with E-state index < -0.39 is 5.60 Å². The third kappa shape index (κ3) is 2.07. The first kappa shape index (κ1) is 9.53. The molecule has 0 amide bonds. The quantitative estimate of drug-likeness (QED) is 0.703. The maximum Gasteiger partial charge on any atom is 0.0688 e. The Bertz CT molecular complexity index is 316. The molecule has 0 saturated heterocycles. The van der Waals surface area contributed by atoms with E-state index in [4.69, 9.17) is 5.73 Å². The molecule has 1 aromatic rings. The monoisotopic (exact) mass is 191 g/mol. The molecule has 0 bridgehead atoms. The molecule has 2 rings (SSSR count). The van der Waals surface area contributed by atoms with Crippen molar-refractivity contribution in [3.8, 4) is 0 Å². The molecule has 2 heteroatoms. The molecule has 0 aromatic heterocycles.